The predicted molar refractivity (Wildman–Crippen MR) is 101 cm³/mol. The number of esters is 1. The molecule has 1 aromatic carbocycles. The van der Waals surface area contributed by atoms with Gasteiger partial charge in [-0.3, -0.25) is 9.59 Å². The van der Waals surface area contributed by atoms with Gasteiger partial charge in [0, 0.05) is 11.8 Å². The van der Waals surface area contributed by atoms with Crippen molar-refractivity contribution in [3.63, 3.8) is 0 Å². The van der Waals surface area contributed by atoms with Crippen molar-refractivity contribution in [3.05, 3.63) is 71.7 Å². The molecule has 1 amide bonds. The molecule has 28 heavy (non-hydrogen) atoms. The van der Waals surface area contributed by atoms with Crippen molar-refractivity contribution in [2.45, 2.75) is 13.8 Å². The van der Waals surface area contributed by atoms with Gasteiger partial charge < -0.3 is 10.1 Å². The van der Waals surface area contributed by atoms with E-state index in [1.54, 1.807) is 49.5 Å². The Labute approximate surface area is 161 Å². The summed E-state index contributed by atoms with van der Waals surface area (Å²) in [5, 5.41) is 6.72. The first-order chi connectivity index (χ1) is 13.5. The highest BCUT2D eigenvalue weighted by molar-refractivity contribution is 6.04. The zero-order chi connectivity index (χ0) is 20.1. The van der Waals surface area contributed by atoms with Gasteiger partial charge in [-0.05, 0) is 38.1 Å². The van der Waals surface area contributed by atoms with Gasteiger partial charge >= 0.3 is 5.97 Å². The molecular weight excluding hydrogens is 360 g/mol. The third-order valence-electron chi connectivity index (χ3n) is 4.01. The highest BCUT2D eigenvalue weighted by atomic mass is 16.5. The lowest BCUT2D eigenvalue weighted by Crippen LogP contribution is -2.22. The lowest BCUT2D eigenvalue weighted by Gasteiger charge is -2.09. The molecule has 3 aromatic rings. The van der Waals surface area contributed by atoms with Crippen molar-refractivity contribution < 1.29 is 19.1 Å². The standard InChI is InChI=1S/C20H18N4O4/c1-13-16(11-22-24(13)18-9-5-6-10-21-18)20(27)28-12-19(26)23-17-8-4-3-7-15(17)14(2)25/h3-11H,12H2,1-2H3,(H,23,26). The number of pyridine rings is 1. The maximum absolute atomic E-state index is 12.3. The van der Waals surface area contributed by atoms with E-state index in [-0.39, 0.29) is 11.3 Å². The molecule has 0 saturated heterocycles. The van der Waals surface area contributed by atoms with E-state index in [2.05, 4.69) is 15.4 Å². The Kier molecular flexibility index (Phi) is 5.59. The molecule has 0 bridgehead atoms. The van der Waals surface area contributed by atoms with Gasteiger partial charge in [0.05, 0.1) is 17.6 Å². The Bertz CT molecular complexity index is 1030. The molecule has 2 aromatic heterocycles. The van der Waals surface area contributed by atoms with Crippen LogP contribution in [0.15, 0.2) is 54.9 Å². The summed E-state index contributed by atoms with van der Waals surface area (Å²) in [6.45, 7) is 2.63. The van der Waals surface area contributed by atoms with E-state index in [0.717, 1.165) is 0 Å². The van der Waals surface area contributed by atoms with Crippen LogP contribution < -0.4 is 5.32 Å². The van der Waals surface area contributed by atoms with Gasteiger partial charge in [0.1, 0.15) is 5.56 Å². The topological polar surface area (TPSA) is 103 Å². The van der Waals surface area contributed by atoms with Gasteiger partial charge in [-0.25, -0.2) is 14.5 Å². The summed E-state index contributed by atoms with van der Waals surface area (Å²) >= 11 is 0. The van der Waals surface area contributed by atoms with Crippen LogP contribution >= 0.6 is 0 Å². The monoisotopic (exact) mass is 378 g/mol. The molecule has 0 atom stereocenters. The van der Waals surface area contributed by atoms with Gasteiger partial charge in [0.2, 0.25) is 0 Å². The molecule has 142 valence electrons. The van der Waals surface area contributed by atoms with Gasteiger partial charge in [-0.1, -0.05) is 18.2 Å². The summed E-state index contributed by atoms with van der Waals surface area (Å²) in [5.41, 5.74) is 1.54. The van der Waals surface area contributed by atoms with Crippen molar-refractivity contribution in [3.8, 4) is 5.82 Å². The number of para-hydroxylation sites is 1. The molecule has 2 heterocycles. The molecule has 0 aliphatic heterocycles. The Morgan fingerprint density at radius 1 is 1.07 bits per heavy atom. The van der Waals surface area contributed by atoms with Crippen molar-refractivity contribution in [2.24, 2.45) is 0 Å². The fourth-order valence-electron chi connectivity index (χ4n) is 2.61. The first kappa shape index (κ1) is 19.0. The molecule has 8 nitrogen and oxygen atoms in total. The Morgan fingerprint density at radius 2 is 1.82 bits per heavy atom. The number of nitrogens with zero attached hydrogens (tertiary/aromatic N) is 3. The smallest absolute Gasteiger partial charge is 0.342 e. The van der Waals surface area contributed by atoms with Crippen molar-refractivity contribution in [1.29, 1.82) is 0 Å². The molecule has 0 unspecified atom stereocenters. The van der Waals surface area contributed by atoms with Gasteiger partial charge in [0.15, 0.2) is 18.2 Å². The van der Waals surface area contributed by atoms with E-state index in [4.69, 9.17) is 4.74 Å². The molecule has 8 heteroatoms. The summed E-state index contributed by atoms with van der Waals surface area (Å²) < 4.78 is 6.60. The van der Waals surface area contributed by atoms with Crippen LogP contribution in [0.1, 0.15) is 33.3 Å². The molecule has 1 N–H and O–H groups in total. The number of rotatable bonds is 6. The molecular formula is C20H18N4O4. The SMILES string of the molecule is CC(=O)c1ccccc1NC(=O)COC(=O)c1cnn(-c2ccccn2)c1C. The maximum Gasteiger partial charge on any atom is 0.342 e. The Balaban J connectivity index is 1.64. The normalized spacial score (nSPS) is 10.4. The summed E-state index contributed by atoms with van der Waals surface area (Å²) in [6.07, 6.45) is 2.99. The highest BCUT2D eigenvalue weighted by Gasteiger charge is 2.18. The van der Waals surface area contributed by atoms with Crippen LogP contribution in [-0.2, 0) is 9.53 Å². The zero-order valence-electron chi connectivity index (χ0n) is 15.4. The summed E-state index contributed by atoms with van der Waals surface area (Å²) in [4.78, 5) is 40.2. The van der Waals surface area contributed by atoms with Crippen LogP contribution in [0.25, 0.3) is 5.82 Å². The van der Waals surface area contributed by atoms with E-state index < -0.39 is 18.5 Å². The average molecular weight is 378 g/mol. The molecule has 0 aliphatic rings. The second-order valence-corrected chi connectivity index (χ2v) is 5.97. The molecule has 0 spiro atoms. The van der Waals surface area contributed by atoms with Crippen LogP contribution in [0.3, 0.4) is 0 Å². The summed E-state index contributed by atoms with van der Waals surface area (Å²) in [7, 11) is 0. The van der Waals surface area contributed by atoms with Crippen LogP contribution in [0.4, 0.5) is 5.69 Å². The van der Waals surface area contributed by atoms with Crippen LogP contribution in [-0.4, -0.2) is 39.0 Å². The number of hydrogen-bond acceptors (Lipinski definition) is 6. The first-order valence-corrected chi connectivity index (χ1v) is 8.50. The minimum atomic E-state index is -0.672. The van der Waals surface area contributed by atoms with Crippen molar-refractivity contribution in [2.75, 3.05) is 11.9 Å². The van der Waals surface area contributed by atoms with Gasteiger partial charge in [-0.2, -0.15) is 5.10 Å². The third-order valence-corrected chi connectivity index (χ3v) is 4.01. The molecule has 0 saturated carbocycles. The largest absolute Gasteiger partial charge is 0.452 e. The molecule has 3 rings (SSSR count). The molecule has 0 aliphatic carbocycles. The van der Waals surface area contributed by atoms with E-state index in [0.29, 0.717) is 22.8 Å². The number of carbonyl (C=O) groups is 3. The zero-order valence-corrected chi connectivity index (χ0v) is 15.4. The number of ketones is 1. The summed E-state index contributed by atoms with van der Waals surface area (Å²) in [5.74, 6) is -0.824. The van der Waals surface area contributed by atoms with Crippen LogP contribution in [0.5, 0.6) is 0 Å². The number of nitrogens with one attached hydrogen (secondary N) is 1. The first-order valence-electron chi connectivity index (χ1n) is 8.50. The number of hydrogen-bond donors (Lipinski definition) is 1. The van der Waals surface area contributed by atoms with Crippen molar-refractivity contribution >= 4 is 23.3 Å². The second-order valence-electron chi connectivity index (χ2n) is 5.97. The minimum absolute atomic E-state index is 0.176. The van der Waals surface area contributed by atoms with E-state index >= 15 is 0 Å². The Hall–Kier alpha value is -3.81. The number of aromatic nitrogens is 3. The third kappa shape index (κ3) is 4.12. The number of amides is 1. The highest BCUT2D eigenvalue weighted by Crippen LogP contribution is 2.16. The fraction of sp³-hybridized carbons (Fsp3) is 0.150. The predicted octanol–water partition coefficient (Wildman–Crippen LogP) is 2.57. The molecule has 0 radical (unpaired) electrons. The van der Waals surface area contributed by atoms with Gasteiger partial charge in [0.25, 0.3) is 5.91 Å². The Morgan fingerprint density at radius 3 is 2.54 bits per heavy atom. The van der Waals surface area contributed by atoms with E-state index in [9.17, 15) is 14.4 Å². The van der Waals surface area contributed by atoms with E-state index in [1.165, 1.54) is 17.8 Å². The quantitative estimate of drug-likeness (QED) is 0.522. The lowest BCUT2D eigenvalue weighted by molar-refractivity contribution is -0.119. The number of benzene rings is 1. The number of ether oxygens (including phenoxy) is 1. The van der Waals surface area contributed by atoms with Crippen molar-refractivity contribution in [1.82, 2.24) is 14.8 Å². The van der Waals surface area contributed by atoms with Gasteiger partial charge in [-0.15, -0.1) is 0 Å². The van der Waals surface area contributed by atoms with E-state index in [1.807, 2.05) is 6.07 Å². The average Bonchev–Trinajstić information content (AvgIpc) is 3.08. The lowest BCUT2D eigenvalue weighted by atomic mass is 10.1. The fourth-order valence-corrected chi connectivity index (χ4v) is 2.61. The number of Topliss-reactive ketones (excluding diaryl/α,β-unsaturated/α-hetero) is 1. The summed E-state index contributed by atoms with van der Waals surface area (Å²) in [6, 6.07) is 12.0. The van der Waals surface area contributed by atoms with Crippen LogP contribution in [0.2, 0.25) is 0 Å². The number of carbonyl (C=O) groups excluding carboxylic acids is 3. The van der Waals surface area contributed by atoms with Crippen LogP contribution in [0, 0.1) is 6.92 Å². The number of anilines is 1. The molecule has 0 fully saturated rings. The maximum atomic E-state index is 12.3. The minimum Gasteiger partial charge on any atom is -0.452 e. The second kappa shape index (κ2) is 8.26.